The van der Waals surface area contributed by atoms with E-state index in [9.17, 15) is 9.50 Å². The monoisotopic (exact) mass is 478 g/mol. The first-order chi connectivity index (χ1) is 12.0. The Morgan fingerprint density at radius 3 is 2.62 bits per heavy atom. The van der Waals surface area contributed by atoms with Gasteiger partial charge in [0.05, 0.1) is 6.54 Å². The summed E-state index contributed by atoms with van der Waals surface area (Å²) in [5.41, 5.74) is 0.735. The largest absolute Gasteiger partial charge is 0.505 e. The van der Waals surface area contributed by atoms with Crippen molar-refractivity contribution in [2.75, 3.05) is 26.2 Å². The quantitative estimate of drug-likeness (QED) is 0.334. The summed E-state index contributed by atoms with van der Waals surface area (Å²) in [7, 11) is 0. The van der Waals surface area contributed by atoms with Crippen LogP contribution in [0.5, 0.6) is 5.75 Å². The summed E-state index contributed by atoms with van der Waals surface area (Å²) in [5.74, 6) is 0.529. The maximum Gasteiger partial charge on any atom is 0.191 e. The Balaban J connectivity index is 0.00000338. The van der Waals surface area contributed by atoms with Crippen molar-refractivity contribution in [3.63, 3.8) is 0 Å². The number of guanidine groups is 1. The van der Waals surface area contributed by atoms with Crippen molar-refractivity contribution in [3.05, 3.63) is 29.6 Å². The topological polar surface area (TPSA) is 59.9 Å². The third-order valence-electron chi connectivity index (χ3n) is 4.33. The summed E-state index contributed by atoms with van der Waals surface area (Å²) >= 11 is 0. The van der Waals surface area contributed by atoms with E-state index in [0.717, 1.165) is 50.5 Å². The molecule has 1 saturated heterocycles. The van der Waals surface area contributed by atoms with Crippen molar-refractivity contribution in [2.24, 2.45) is 10.9 Å². The van der Waals surface area contributed by atoms with Crippen molar-refractivity contribution in [1.29, 1.82) is 0 Å². The molecule has 0 unspecified atom stereocenters. The molecular weight excluding hydrogens is 446 g/mol. The number of likely N-dealkylation sites (tertiary alicyclic amines) is 1. The van der Waals surface area contributed by atoms with Gasteiger partial charge in [0.2, 0.25) is 0 Å². The lowest BCUT2D eigenvalue weighted by Crippen LogP contribution is -2.49. The first kappa shape index (κ1) is 23.0. The fourth-order valence-electron chi connectivity index (χ4n) is 3.11. The molecule has 0 spiro atoms. The van der Waals surface area contributed by atoms with Crippen LogP contribution >= 0.6 is 24.0 Å². The van der Waals surface area contributed by atoms with Crippen LogP contribution in [0.4, 0.5) is 4.39 Å². The van der Waals surface area contributed by atoms with Gasteiger partial charge in [-0.25, -0.2) is 9.38 Å². The molecule has 0 amide bonds. The first-order valence-electron chi connectivity index (χ1n) is 9.22. The van der Waals surface area contributed by atoms with E-state index in [2.05, 4.69) is 34.4 Å². The Morgan fingerprint density at radius 2 is 2.04 bits per heavy atom. The van der Waals surface area contributed by atoms with Gasteiger partial charge in [-0.3, -0.25) is 0 Å². The number of nitrogens with zero attached hydrogens (tertiary/aromatic N) is 2. The number of aromatic hydroxyl groups is 1. The fourth-order valence-corrected chi connectivity index (χ4v) is 3.11. The molecule has 1 aliphatic rings. The molecule has 1 fully saturated rings. The van der Waals surface area contributed by atoms with Gasteiger partial charge < -0.3 is 20.6 Å². The standard InChI is InChI=1S/C19H31FN4O.HI/c1-4-21-19(22-12-15-5-6-18(25)17(20)11-15)23-16-7-9-24(10-8-16)13-14(2)3;/h5-6,11,14,16,25H,4,7-10,12-13H2,1-3H3,(H2,21,22,23);1H. The minimum atomic E-state index is -0.608. The van der Waals surface area contributed by atoms with Crippen LogP contribution in [0.3, 0.4) is 0 Å². The van der Waals surface area contributed by atoms with Gasteiger partial charge in [-0.1, -0.05) is 19.9 Å². The summed E-state index contributed by atoms with van der Waals surface area (Å²) in [5, 5.41) is 16.0. The average Bonchev–Trinajstić information content (AvgIpc) is 2.57. The predicted molar refractivity (Wildman–Crippen MR) is 116 cm³/mol. The van der Waals surface area contributed by atoms with Crippen molar-refractivity contribution < 1.29 is 9.50 Å². The number of halogens is 2. The van der Waals surface area contributed by atoms with Crippen LogP contribution in [-0.2, 0) is 6.54 Å². The summed E-state index contributed by atoms with van der Waals surface area (Å²) in [4.78, 5) is 7.07. The fraction of sp³-hybridized carbons (Fsp3) is 0.632. The van der Waals surface area contributed by atoms with Crippen molar-refractivity contribution in [1.82, 2.24) is 15.5 Å². The van der Waals surface area contributed by atoms with E-state index in [0.29, 0.717) is 18.5 Å². The number of hydrogen-bond acceptors (Lipinski definition) is 3. The Labute approximate surface area is 173 Å². The lowest BCUT2D eigenvalue weighted by atomic mass is 10.0. The summed E-state index contributed by atoms with van der Waals surface area (Å²) < 4.78 is 13.4. The van der Waals surface area contributed by atoms with E-state index in [1.54, 1.807) is 6.07 Å². The smallest absolute Gasteiger partial charge is 0.191 e. The van der Waals surface area contributed by atoms with Gasteiger partial charge in [0, 0.05) is 32.2 Å². The first-order valence-corrected chi connectivity index (χ1v) is 9.22. The second kappa shape index (κ2) is 11.6. The van der Waals surface area contributed by atoms with E-state index >= 15 is 0 Å². The number of piperidine rings is 1. The van der Waals surface area contributed by atoms with E-state index in [4.69, 9.17) is 0 Å². The van der Waals surface area contributed by atoms with E-state index < -0.39 is 5.82 Å². The molecule has 7 heteroatoms. The molecule has 1 aromatic carbocycles. The molecule has 0 aliphatic carbocycles. The number of phenols is 1. The lowest BCUT2D eigenvalue weighted by Gasteiger charge is -2.34. The molecule has 5 nitrogen and oxygen atoms in total. The molecule has 2 rings (SSSR count). The number of rotatable bonds is 6. The third-order valence-corrected chi connectivity index (χ3v) is 4.33. The molecule has 0 aromatic heterocycles. The minimum absolute atomic E-state index is 0. The molecular formula is C19H32FIN4O. The minimum Gasteiger partial charge on any atom is -0.505 e. The highest BCUT2D eigenvalue weighted by molar-refractivity contribution is 14.0. The zero-order chi connectivity index (χ0) is 18.2. The maximum absolute atomic E-state index is 13.4. The van der Waals surface area contributed by atoms with E-state index in [1.807, 2.05) is 6.92 Å². The van der Waals surface area contributed by atoms with Gasteiger partial charge >= 0.3 is 0 Å². The normalized spacial score (nSPS) is 16.4. The van der Waals surface area contributed by atoms with Crippen molar-refractivity contribution in [3.8, 4) is 5.75 Å². The van der Waals surface area contributed by atoms with Crippen LogP contribution in [0.1, 0.15) is 39.2 Å². The zero-order valence-electron chi connectivity index (χ0n) is 16.0. The van der Waals surface area contributed by atoms with E-state index in [1.165, 1.54) is 12.1 Å². The predicted octanol–water partition coefficient (Wildman–Crippen LogP) is 3.32. The summed E-state index contributed by atoms with van der Waals surface area (Å²) in [6.07, 6.45) is 2.20. The van der Waals surface area contributed by atoms with Crippen LogP contribution in [0, 0.1) is 11.7 Å². The highest BCUT2D eigenvalue weighted by atomic mass is 127. The molecule has 1 heterocycles. The molecule has 0 bridgehead atoms. The van der Waals surface area contributed by atoms with Crippen molar-refractivity contribution >= 4 is 29.9 Å². The van der Waals surface area contributed by atoms with Crippen LogP contribution in [0.25, 0.3) is 0 Å². The summed E-state index contributed by atoms with van der Waals surface area (Å²) in [6.45, 7) is 11.1. The molecule has 0 atom stereocenters. The number of nitrogens with one attached hydrogen (secondary N) is 2. The third kappa shape index (κ3) is 7.65. The van der Waals surface area contributed by atoms with Crippen LogP contribution in [0.15, 0.2) is 23.2 Å². The second-order valence-electron chi connectivity index (χ2n) is 7.09. The number of phenolic OH excluding ortho intramolecular Hbond substituents is 1. The van der Waals surface area contributed by atoms with Gasteiger partial charge in [-0.15, -0.1) is 24.0 Å². The molecule has 1 aliphatic heterocycles. The highest BCUT2D eigenvalue weighted by Gasteiger charge is 2.20. The Hall–Kier alpha value is -1.09. The van der Waals surface area contributed by atoms with Gasteiger partial charge in [0.25, 0.3) is 0 Å². The molecule has 0 radical (unpaired) electrons. The highest BCUT2D eigenvalue weighted by Crippen LogP contribution is 2.17. The van der Waals surface area contributed by atoms with Gasteiger partial charge in [0.1, 0.15) is 0 Å². The molecule has 3 N–H and O–H groups in total. The van der Waals surface area contributed by atoms with Crippen molar-refractivity contribution in [2.45, 2.75) is 46.2 Å². The number of benzene rings is 1. The van der Waals surface area contributed by atoms with E-state index in [-0.39, 0.29) is 29.7 Å². The lowest BCUT2D eigenvalue weighted by molar-refractivity contribution is 0.187. The number of hydrogen-bond donors (Lipinski definition) is 3. The zero-order valence-corrected chi connectivity index (χ0v) is 18.3. The second-order valence-corrected chi connectivity index (χ2v) is 7.09. The van der Waals surface area contributed by atoms with Gasteiger partial charge in [0.15, 0.2) is 17.5 Å². The van der Waals surface area contributed by atoms with Crippen LogP contribution < -0.4 is 10.6 Å². The average molecular weight is 478 g/mol. The van der Waals surface area contributed by atoms with Crippen LogP contribution in [-0.4, -0.2) is 48.2 Å². The molecule has 26 heavy (non-hydrogen) atoms. The van der Waals surface area contributed by atoms with Crippen LogP contribution in [0.2, 0.25) is 0 Å². The summed E-state index contributed by atoms with van der Waals surface area (Å²) in [6, 6.07) is 4.80. The molecule has 0 saturated carbocycles. The molecule has 1 aromatic rings. The Kier molecular flexibility index (Phi) is 10.2. The SMILES string of the molecule is CCNC(=NCc1ccc(O)c(F)c1)NC1CCN(CC(C)C)CC1.I. The maximum atomic E-state index is 13.4. The van der Waals surface area contributed by atoms with Gasteiger partial charge in [-0.05, 0) is 43.4 Å². The molecule has 148 valence electrons. The number of aliphatic imine (C=N–C) groups is 1. The Bertz CT molecular complexity index is 575. The van der Waals surface area contributed by atoms with Gasteiger partial charge in [-0.2, -0.15) is 0 Å². The Morgan fingerprint density at radius 1 is 1.35 bits per heavy atom.